The normalized spacial score (nSPS) is 29.6. The van der Waals surface area contributed by atoms with Crippen LogP contribution in [0.25, 0.3) is 0 Å². The van der Waals surface area contributed by atoms with E-state index in [1.54, 1.807) is 12.1 Å². The first kappa shape index (κ1) is 15.3. The molecule has 2 aliphatic heterocycles. The van der Waals surface area contributed by atoms with E-state index in [0.717, 1.165) is 19.3 Å². The number of ether oxygens (including phenoxy) is 1. The van der Waals surface area contributed by atoms with Crippen molar-refractivity contribution in [3.63, 3.8) is 0 Å². The van der Waals surface area contributed by atoms with Gasteiger partial charge in [0.05, 0.1) is 11.5 Å². The number of aromatic nitrogens is 2. The monoisotopic (exact) mass is 327 g/mol. The van der Waals surface area contributed by atoms with Crippen molar-refractivity contribution in [2.45, 2.75) is 50.3 Å². The van der Waals surface area contributed by atoms with Gasteiger partial charge in [0.2, 0.25) is 5.89 Å². The quantitative estimate of drug-likeness (QED) is 0.807. The van der Waals surface area contributed by atoms with Crippen molar-refractivity contribution in [3.05, 3.63) is 47.6 Å². The van der Waals surface area contributed by atoms with Crippen LogP contribution in [-0.2, 0) is 4.74 Å². The summed E-state index contributed by atoms with van der Waals surface area (Å²) in [5.41, 5.74) is 0.573. The summed E-state index contributed by atoms with van der Waals surface area (Å²) in [5.74, 6) is 0.838. The Morgan fingerprint density at radius 1 is 1.29 bits per heavy atom. The van der Waals surface area contributed by atoms with Crippen LogP contribution in [0.4, 0.5) is 0 Å². The number of hydrogen-bond acceptors (Lipinski definition) is 6. The van der Waals surface area contributed by atoms with Crippen LogP contribution in [0.15, 0.2) is 34.9 Å². The second kappa shape index (κ2) is 6.02. The van der Waals surface area contributed by atoms with Gasteiger partial charge in [-0.15, -0.1) is 0 Å². The predicted octanol–water partition coefficient (Wildman–Crippen LogP) is 2.55. The molecule has 24 heavy (non-hydrogen) atoms. The van der Waals surface area contributed by atoms with Gasteiger partial charge in [-0.25, -0.2) is 4.79 Å². The highest BCUT2D eigenvalue weighted by Gasteiger charge is 2.50. The predicted molar refractivity (Wildman–Crippen MR) is 86.6 cm³/mol. The highest BCUT2D eigenvalue weighted by molar-refractivity contribution is 5.89. The lowest BCUT2D eigenvalue weighted by Crippen LogP contribution is -2.49. The molecule has 1 aromatic heterocycles. The van der Waals surface area contributed by atoms with Gasteiger partial charge < -0.3 is 9.26 Å². The van der Waals surface area contributed by atoms with Crippen molar-refractivity contribution in [1.29, 1.82) is 0 Å². The third-order valence-electron chi connectivity index (χ3n) is 5.31. The molecule has 2 aromatic rings. The van der Waals surface area contributed by atoms with E-state index >= 15 is 0 Å². The molecule has 6 heteroatoms. The van der Waals surface area contributed by atoms with Gasteiger partial charge in [0.1, 0.15) is 6.10 Å². The summed E-state index contributed by atoms with van der Waals surface area (Å²) in [4.78, 5) is 19.3. The fraction of sp³-hybridized carbons (Fsp3) is 0.500. The first-order valence-corrected chi connectivity index (χ1v) is 8.41. The maximum Gasteiger partial charge on any atom is 0.338 e. The molecule has 126 valence electrons. The third kappa shape index (κ3) is 2.60. The number of carbonyl (C=O) groups is 1. The standard InChI is InChI=1S/C18H21N3O3/c1-11-19-17(24-20-11)16-14-9-8-13(21(14)2)10-15(16)23-18(22)12-6-4-3-5-7-12/h3-7,13-16H,8-10H2,1-2H3/t13-,14?,15+,16?/m1/s1. The van der Waals surface area contributed by atoms with E-state index in [-0.39, 0.29) is 24.0 Å². The van der Waals surface area contributed by atoms with Crippen LogP contribution in [0.1, 0.15) is 47.3 Å². The third-order valence-corrected chi connectivity index (χ3v) is 5.31. The molecule has 2 saturated heterocycles. The van der Waals surface area contributed by atoms with Crippen molar-refractivity contribution < 1.29 is 14.1 Å². The molecule has 0 radical (unpaired) electrons. The minimum absolute atomic E-state index is 0.0670. The Morgan fingerprint density at radius 2 is 2.08 bits per heavy atom. The fourth-order valence-electron chi connectivity index (χ4n) is 4.09. The summed E-state index contributed by atoms with van der Waals surface area (Å²) >= 11 is 0. The van der Waals surface area contributed by atoms with Crippen LogP contribution in [0.2, 0.25) is 0 Å². The highest BCUT2D eigenvalue weighted by Crippen LogP contribution is 2.44. The summed E-state index contributed by atoms with van der Waals surface area (Å²) < 4.78 is 11.3. The lowest BCUT2D eigenvalue weighted by atomic mass is 9.87. The number of nitrogens with zero attached hydrogens (tertiary/aromatic N) is 3. The van der Waals surface area contributed by atoms with Gasteiger partial charge in [0.25, 0.3) is 0 Å². The zero-order valence-corrected chi connectivity index (χ0v) is 13.9. The molecule has 0 saturated carbocycles. The number of benzene rings is 1. The second-order valence-electron chi connectivity index (χ2n) is 6.72. The fourth-order valence-corrected chi connectivity index (χ4v) is 4.09. The van der Waals surface area contributed by atoms with E-state index < -0.39 is 0 Å². The molecule has 2 unspecified atom stereocenters. The molecular weight excluding hydrogens is 306 g/mol. The number of esters is 1. The minimum atomic E-state index is -0.286. The molecule has 6 nitrogen and oxygen atoms in total. The number of piperidine rings is 1. The first-order chi connectivity index (χ1) is 11.6. The van der Waals surface area contributed by atoms with Crippen LogP contribution in [0, 0.1) is 6.92 Å². The molecule has 0 N–H and O–H groups in total. The molecule has 4 rings (SSSR count). The Morgan fingerprint density at radius 3 is 2.79 bits per heavy atom. The smallest absolute Gasteiger partial charge is 0.338 e. The minimum Gasteiger partial charge on any atom is -0.458 e. The zero-order valence-electron chi connectivity index (χ0n) is 13.9. The van der Waals surface area contributed by atoms with Gasteiger partial charge in [-0.2, -0.15) is 4.98 Å². The molecule has 0 aliphatic carbocycles. The molecule has 2 fully saturated rings. The van der Waals surface area contributed by atoms with Gasteiger partial charge in [-0.1, -0.05) is 23.4 Å². The lowest BCUT2D eigenvalue weighted by molar-refractivity contribution is -0.0187. The van der Waals surface area contributed by atoms with E-state index in [1.165, 1.54) is 0 Å². The van der Waals surface area contributed by atoms with E-state index in [9.17, 15) is 4.79 Å². The lowest BCUT2D eigenvalue weighted by Gasteiger charge is -2.40. The number of fused-ring (bicyclic) bond motifs is 2. The van der Waals surface area contributed by atoms with E-state index in [1.807, 2.05) is 25.1 Å². The molecular formula is C18H21N3O3. The molecule has 0 spiro atoms. The average molecular weight is 327 g/mol. The van der Waals surface area contributed by atoms with Gasteiger partial charge >= 0.3 is 5.97 Å². The van der Waals surface area contributed by atoms with Crippen molar-refractivity contribution in [2.24, 2.45) is 0 Å². The maximum atomic E-state index is 12.5. The Labute approximate surface area is 140 Å². The summed E-state index contributed by atoms with van der Waals surface area (Å²) in [6.07, 6.45) is 2.75. The van der Waals surface area contributed by atoms with Crippen LogP contribution in [0.3, 0.4) is 0 Å². The Hall–Kier alpha value is -2.21. The van der Waals surface area contributed by atoms with E-state index in [2.05, 4.69) is 22.1 Å². The van der Waals surface area contributed by atoms with Crippen LogP contribution in [-0.4, -0.2) is 46.2 Å². The number of aryl methyl sites for hydroxylation is 1. The van der Waals surface area contributed by atoms with Gasteiger partial charge in [-0.3, -0.25) is 4.90 Å². The second-order valence-corrected chi connectivity index (χ2v) is 6.72. The first-order valence-electron chi connectivity index (χ1n) is 8.41. The number of hydrogen-bond donors (Lipinski definition) is 0. The highest BCUT2D eigenvalue weighted by atomic mass is 16.5. The number of rotatable bonds is 3. The van der Waals surface area contributed by atoms with Crippen molar-refractivity contribution in [2.75, 3.05) is 7.05 Å². The number of carbonyl (C=O) groups excluding carboxylic acids is 1. The SMILES string of the molecule is Cc1noc(C2C3CC[C@H](C[C@@H]2OC(=O)c2ccccc2)N3C)n1. The molecule has 3 heterocycles. The van der Waals surface area contributed by atoms with Gasteiger partial charge in [0.15, 0.2) is 5.82 Å². The van der Waals surface area contributed by atoms with Gasteiger partial charge in [0, 0.05) is 18.5 Å². The summed E-state index contributed by atoms with van der Waals surface area (Å²) in [5, 5.41) is 3.93. The van der Waals surface area contributed by atoms with Gasteiger partial charge in [-0.05, 0) is 38.9 Å². The topological polar surface area (TPSA) is 68.5 Å². The van der Waals surface area contributed by atoms with Crippen LogP contribution >= 0.6 is 0 Å². The zero-order chi connectivity index (χ0) is 16.7. The molecule has 2 aliphatic rings. The average Bonchev–Trinajstić information content (AvgIpc) is 3.10. The largest absolute Gasteiger partial charge is 0.458 e. The van der Waals surface area contributed by atoms with E-state index in [4.69, 9.17) is 9.26 Å². The van der Waals surface area contributed by atoms with Crippen LogP contribution < -0.4 is 0 Å². The molecule has 1 aromatic carbocycles. The Bertz CT molecular complexity index is 730. The maximum absolute atomic E-state index is 12.5. The number of likely N-dealkylation sites (N-methyl/N-ethyl adjacent to an activating group) is 1. The summed E-state index contributed by atoms with van der Waals surface area (Å²) in [6.45, 7) is 1.81. The van der Waals surface area contributed by atoms with Crippen molar-refractivity contribution in [3.8, 4) is 0 Å². The summed E-state index contributed by atoms with van der Waals surface area (Å²) in [6, 6.07) is 9.84. The molecule has 2 bridgehead atoms. The van der Waals surface area contributed by atoms with E-state index in [0.29, 0.717) is 23.3 Å². The van der Waals surface area contributed by atoms with Crippen LogP contribution in [0.5, 0.6) is 0 Å². The van der Waals surface area contributed by atoms with Crippen molar-refractivity contribution in [1.82, 2.24) is 15.0 Å². The Balaban J connectivity index is 1.61. The summed E-state index contributed by atoms with van der Waals surface area (Å²) in [7, 11) is 2.13. The van der Waals surface area contributed by atoms with Crippen molar-refractivity contribution >= 4 is 5.97 Å². The molecule has 0 amide bonds. The Kier molecular flexibility index (Phi) is 3.84. The molecule has 4 atom stereocenters.